The zero-order chi connectivity index (χ0) is 16.8. The van der Waals surface area contributed by atoms with Gasteiger partial charge in [-0.05, 0) is 5.56 Å². The van der Waals surface area contributed by atoms with Gasteiger partial charge in [0, 0.05) is 37.1 Å². The highest BCUT2D eigenvalue weighted by molar-refractivity contribution is 7.99. The Morgan fingerprint density at radius 2 is 2.00 bits per heavy atom. The molecule has 2 N–H and O–H groups in total. The molecule has 1 aromatic heterocycles. The van der Waals surface area contributed by atoms with Crippen molar-refractivity contribution in [1.29, 1.82) is 0 Å². The first-order chi connectivity index (χ1) is 11.7. The quantitative estimate of drug-likeness (QED) is 0.831. The molecule has 2 aromatic rings. The van der Waals surface area contributed by atoms with Crippen molar-refractivity contribution < 1.29 is 9.90 Å². The molecule has 1 aliphatic rings. The molecule has 0 bridgehead atoms. The molecule has 1 atom stereocenters. The summed E-state index contributed by atoms with van der Waals surface area (Å²) in [5.41, 5.74) is 0.972. The maximum absolute atomic E-state index is 11.6. The zero-order valence-corrected chi connectivity index (χ0v) is 14.1. The van der Waals surface area contributed by atoms with Crippen LogP contribution in [0.5, 0.6) is 0 Å². The molecule has 126 valence electrons. The normalized spacial score (nSPS) is 15.8. The molecule has 24 heavy (non-hydrogen) atoms. The standard InChI is InChI=1S/C17H20N4O2S/c22-17(23)14(10-13-4-2-1-3-5-13)20-15-11-16(19-12-18-15)21-6-8-24-9-7-21/h1-5,11-12,14H,6-10H2,(H,22,23)(H,18,19,20)/t14-/m0/s1. The first kappa shape index (κ1) is 16.6. The number of nitrogens with zero attached hydrogens (tertiary/aromatic N) is 3. The molecule has 1 aliphatic heterocycles. The van der Waals surface area contributed by atoms with Gasteiger partial charge < -0.3 is 15.3 Å². The molecule has 0 radical (unpaired) electrons. The molecule has 6 nitrogen and oxygen atoms in total. The molecule has 1 saturated heterocycles. The summed E-state index contributed by atoms with van der Waals surface area (Å²) in [6.07, 6.45) is 1.89. The van der Waals surface area contributed by atoms with Crippen LogP contribution in [0.25, 0.3) is 0 Å². The fourth-order valence-electron chi connectivity index (χ4n) is 2.62. The molecule has 0 spiro atoms. The number of carboxylic acids is 1. The van der Waals surface area contributed by atoms with Crippen molar-refractivity contribution in [2.24, 2.45) is 0 Å². The molecule has 7 heteroatoms. The Labute approximate surface area is 145 Å². The number of aliphatic carboxylic acids is 1. The summed E-state index contributed by atoms with van der Waals surface area (Å²) in [6, 6.07) is 10.7. The number of carboxylic acid groups (broad SMARTS) is 1. The minimum absolute atomic E-state index is 0.399. The van der Waals surface area contributed by atoms with E-state index in [1.165, 1.54) is 6.33 Å². The lowest BCUT2D eigenvalue weighted by atomic mass is 10.1. The van der Waals surface area contributed by atoms with E-state index in [1.54, 1.807) is 0 Å². The van der Waals surface area contributed by atoms with Crippen LogP contribution in [0.15, 0.2) is 42.7 Å². The van der Waals surface area contributed by atoms with Crippen molar-refractivity contribution in [2.75, 3.05) is 34.8 Å². The van der Waals surface area contributed by atoms with Crippen molar-refractivity contribution in [2.45, 2.75) is 12.5 Å². The molecule has 1 fully saturated rings. The van der Waals surface area contributed by atoms with Crippen LogP contribution >= 0.6 is 11.8 Å². The zero-order valence-electron chi connectivity index (χ0n) is 13.3. The molecule has 0 unspecified atom stereocenters. The number of hydrogen-bond acceptors (Lipinski definition) is 6. The molecule has 0 aliphatic carbocycles. The predicted octanol–water partition coefficient (Wildman–Crippen LogP) is 2.14. The van der Waals surface area contributed by atoms with Gasteiger partial charge in [0.05, 0.1) is 0 Å². The van der Waals surface area contributed by atoms with Gasteiger partial charge in [0.15, 0.2) is 0 Å². The molecular formula is C17H20N4O2S. The van der Waals surface area contributed by atoms with Gasteiger partial charge >= 0.3 is 5.97 Å². The van der Waals surface area contributed by atoms with Gasteiger partial charge in [-0.15, -0.1) is 0 Å². The highest BCUT2D eigenvalue weighted by Crippen LogP contribution is 2.19. The predicted molar refractivity (Wildman–Crippen MR) is 96.8 cm³/mol. The van der Waals surface area contributed by atoms with Crippen LogP contribution in [0, 0.1) is 0 Å². The van der Waals surface area contributed by atoms with Gasteiger partial charge in [0.25, 0.3) is 0 Å². The van der Waals surface area contributed by atoms with E-state index in [1.807, 2.05) is 48.2 Å². The maximum Gasteiger partial charge on any atom is 0.326 e. The summed E-state index contributed by atoms with van der Waals surface area (Å²) in [5.74, 6) is 2.66. The molecular weight excluding hydrogens is 324 g/mol. The second kappa shape index (κ2) is 8.01. The number of carbonyl (C=O) groups is 1. The lowest BCUT2D eigenvalue weighted by Crippen LogP contribution is -2.34. The first-order valence-corrected chi connectivity index (χ1v) is 9.06. The van der Waals surface area contributed by atoms with Gasteiger partial charge in [-0.3, -0.25) is 0 Å². The van der Waals surface area contributed by atoms with Gasteiger partial charge in [0.1, 0.15) is 24.0 Å². The van der Waals surface area contributed by atoms with Crippen LogP contribution in [0.4, 0.5) is 11.6 Å². The van der Waals surface area contributed by atoms with Crippen molar-refractivity contribution in [1.82, 2.24) is 9.97 Å². The van der Waals surface area contributed by atoms with E-state index < -0.39 is 12.0 Å². The van der Waals surface area contributed by atoms with Crippen LogP contribution in [0.2, 0.25) is 0 Å². The second-order valence-corrected chi connectivity index (χ2v) is 6.81. The molecule has 0 amide bonds. The van der Waals surface area contributed by atoms with Crippen LogP contribution in [0.1, 0.15) is 5.56 Å². The summed E-state index contributed by atoms with van der Waals surface area (Å²) >= 11 is 1.93. The summed E-state index contributed by atoms with van der Waals surface area (Å²) in [5, 5.41) is 12.5. The van der Waals surface area contributed by atoms with E-state index in [-0.39, 0.29) is 0 Å². The van der Waals surface area contributed by atoms with Gasteiger partial charge in [-0.1, -0.05) is 30.3 Å². The van der Waals surface area contributed by atoms with Crippen LogP contribution in [0.3, 0.4) is 0 Å². The Balaban J connectivity index is 1.71. The van der Waals surface area contributed by atoms with E-state index in [0.29, 0.717) is 12.2 Å². The lowest BCUT2D eigenvalue weighted by Gasteiger charge is -2.27. The molecule has 0 saturated carbocycles. The van der Waals surface area contributed by atoms with Crippen LogP contribution in [-0.4, -0.2) is 51.7 Å². The largest absolute Gasteiger partial charge is 0.480 e. The molecule has 2 heterocycles. The van der Waals surface area contributed by atoms with Gasteiger partial charge in [-0.25, -0.2) is 14.8 Å². The fourth-order valence-corrected chi connectivity index (χ4v) is 3.52. The van der Waals surface area contributed by atoms with E-state index in [2.05, 4.69) is 20.2 Å². The Bertz CT molecular complexity index is 677. The lowest BCUT2D eigenvalue weighted by molar-refractivity contribution is -0.137. The third-order valence-corrected chi connectivity index (χ3v) is 4.83. The smallest absolute Gasteiger partial charge is 0.326 e. The third-order valence-electron chi connectivity index (χ3n) is 3.89. The Kier molecular flexibility index (Phi) is 5.53. The second-order valence-electron chi connectivity index (χ2n) is 5.59. The average Bonchev–Trinajstić information content (AvgIpc) is 2.63. The summed E-state index contributed by atoms with van der Waals surface area (Å²) in [7, 11) is 0. The Morgan fingerprint density at radius 1 is 1.25 bits per heavy atom. The topological polar surface area (TPSA) is 78.4 Å². The van der Waals surface area contributed by atoms with Gasteiger partial charge in [-0.2, -0.15) is 11.8 Å². The van der Waals surface area contributed by atoms with Crippen molar-refractivity contribution >= 4 is 29.4 Å². The maximum atomic E-state index is 11.6. The van der Waals surface area contributed by atoms with E-state index in [9.17, 15) is 9.90 Å². The van der Waals surface area contributed by atoms with Crippen molar-refractivity contribution in [3.8, 4) is 0 Å². The van der Waals surface area contributed by atoms with E-state index in [0.717, 1.165) is 36.0 Å². The number of aromatic nitrogens is 2. The summed E-state index contributed by atoms with van der Waals surface area (Å²) in [4.78, 5) is 22.3. The van der Waals surface area contributed by atoms with Crippen molar-refractivity contribution in [3.63, 3.8) is 0 Å². The van der Waals surface area contributed by atoms with Crippen LogP contribution in [-0.2, 0) is 11.2 Å². The molecule has 3 rings (SSSR count). The number of thioether (sulfide) groups is 1. The highest BCUT2D eigenvalue weighted by Gasteiger charge is 2.19. The minimum atomic E-state index is -0.895. The number of hydrogen-bond donors (Lipinski definition) is 2. The minimum Gasteiger partial charge on any atom is -0.480 e. The van der Waals surface area contributed by atoms with Crippen LogP contribution < -0.4 is 10.2 Å². The third kappa shape index (κ3) is 4.38. The number of anilines is 2. The number of benzene rings is 1. The number of rotatable bonds is 6. The van der Waals surface area contributed by atoms with E-state index in [4.69, 9.17) is 0 Å². The average molecular weight is 344 g/mol. The van der Waals surface area contributed by atoms with E-state index >= 15 is 0 Å². The summed E-state index contributed by atoms with van der Waals surface area (Å²) < 4.78 is 0. The summed E-state index contributed by atoms with van der Waals surface area (Å²) in [6.45, 7) is 1.90. The van der Waals surface area contributed by atoms with Gasteiger partial charge in [0.2, 0.25) is 0 Å². The fraction of sp³-hybridized carbons (Fsp3) is 0.353. The highest BCUT2D eigenvalue weighted by atomic mass is 32.2. The Morgan fingerprint density at radius 3 is 2.71 bits per heavy atom. The Hall–Kier alpha value is -2.28. The first-order valence-electron chi connectivity index (χ1n) is 7.90. The molecule has 1 aromatic carbocycles. The monoisotopic (exact) mass is 344 g/mol. The SMILES string of the molecule is O=C(O)[C@H](Cc1ccccc1)Nc1cc(N2CCSCC2)ncn1. The van der Waals surface area contributed by atoms with Crippen molar-refractivity contribution in [3.05, 3.63) is 48.3 Å². The number of nitrogens with one attached hydrogen (secondary N) is 1.